The van der Waals surface area contributed by atoms with Gasteiger partial charge in [-0.05, 0) is 57.0 Å². The molecule has 25 heavy (non-hydrogen) atoms. The van der Waals surface area contributed by atoms with Crippen LogP contribution in [0.5, 0.6) is 0 Å². The van der Waals surface area contributed by atoms with E-state index in [0.717, 1.165) is 35.7 Å². The Bertz CT molecular complexity index is 700. The molecule has 0 spiro atoms. The van der Waals surface area contributed by atoms with Crippen molar-refractivity contribution >= 4 is 17.5 Å². The second kappa shape index (κ2) is 8.57. The zero-order valence-electron chi connectivity index (χ0n) is 15.8. The highest BCUT2D eigenvalue weighted by Crippen LogP contribution is 2.21. The monoisotopic (exact) mass is 360 g/mol. The molecule has 1 amide bonds. The SMILES string of the molecule is CCCCC(=O)N(Cc1cccn1Cc1cccc(Cl)c1)C(C)(C)C. The summed E-state index contributed by atoms with van der Waals surface area (Å²) < 4.78 is 2.19. The first-order valence-corrected chi connectivity index (χ1v) is 9.38. The van der Waals surface area contributed by atoms with Crippen LogP contribution < -0.4 is 0 Å². The van der Waals surface area contributed by atoms with Crippen molar-refractivity contribution in [1.82, 2.24) is 9.47 Å². The van der Waals surface area contributed by atoms with Crippen molar-refractivity contribution < 1.29 is 4.79 Å². The Hall–Kier alpha value is -1.74. The van der Waals surface area contributed by atoms with Crippen LogP contribution in [0.3, 0.4) is 0 Å². The molecule has 0 saturated heterocycles. The molecule has 0 aliphatic rings. The van der Waals surface area contributed by atoms with Crippen LogP contribution in [0.2, 0.25) is 5.02 Å². The first-order valence-electron chi connectivity index (χ1n) is 9.00. The van der Waals surface area contributed by atoms with Gasteiger partial charge in [0.25, 0.3) is 0 Å². The second-order valence-corrected chi connectivity index (χ2v) is 7.95. The van der Waals surface area contributed by atoms with E-state index < -0.39 is 0 Å². The number of aromatic nitrogens is 1. The average Bonchev–Trinajstić information content (AvgIpc) is 2.96. The van der Waals surface area contributed by atoms with E-state index in [-0.39, 0.29) is 11.4 Å². The molecule has 0 saturated carbocycles. The Labute approximate surface area is 156 Å². The summed E-state index contributed by atoms with van der Waals surface area (Å²) in [5, 5.41) is 0.747. The summed E-state index contributed by atoms with van der Waals surface area (Å²) in [6, 6.07) is 12.0. The molecule has 1 aromatic heterocycles. The fraction of sp³-hybridized carbons (Fsp3) is 0.476. The van der Waals surface area contributed by atoms with E-state index in [2.05, 4.69) is 50.6 Å². The molecule has 2 rings (SSSR count). The molecule has 0 unspecified atom stereocenters. The van der Waals surface area contributed by atoms with Crippen LogP contribution in [0.15, 0.2) is 42.6 Å². The summed E-state index contributed by atoms with van der Waals surface area (Å²) >= 11 is 6.10. The van der Waals surface area contributed by atoms with Crippen LogP contribution in [0, 0.1) is 0 Å². The fourth-order valence-corrected chi connectivity index (χ4v) is 3.12. The first kappa shape index (κ1) is 19.6. The standard InChI is InChI=1S/C21H29ClN2O/c1-5-6-12-20(25)24(21(2,3)4)16-19-11-8-13-23(19)15-17-9-7-10-18(22)14-17/h7-11,13-14H,5-6,12,15-16H2,1-4H3. The molecule has 0 atom stereocenters. The van der Waals surface area contributed by atoms with E-state index in [9.17, 15) is 4.79 Å². The minimum atomic E-state index is -0.198. The van der Waals surface area contributed by atoms with Gasteiger partial charge in [0.15, 0.2) is 0 Å². The third-order valence-electron chi connectivity index (χ3n) is 4.34. The first-order chi connectivity index (χ1) is 11.8. The lowest BCUT2D eigenvalue weighted by molar-refractivity contribution is -0.137. The van der Waals surface area contributed by atoms with Crippen LogP contribution in [-0.2, 0) is 17.9 Å². The number of rotatable bonds is 7. The lowest BCUT2D eigenvalue weighted by Crippen LogP contribution is -2.45. The van der Waals surface area contributed by atoms with Gasteiger partial charge in [-0.25, -0.2) is 0 Å². The number of nitrogens with zero attached hydrogens (tertiary/aromatic N) is 2. The van der Waals surface area contributed by atoms with Gasteiger partial charge in [-0.1, -0.05) is 37.1 Å². The highest BCUT2D eigenvalue weighted by Gasteiger charge is 2.26. The zero-order chi connectivity index (χ0) is 18.4. The molecule has 4 heteroatoms. The lowest BCUT2D eigenvalue weighted by Gasteiger charge is -2.36. The van der Waals surface area contributed by atoms with E-state index in [1.807, 2.05) is 29.2 Å². The summed E-state index contributed by atoms with van der Waals surface area (Å²) in [7, 11) is 0. The van der Waals surface area contributed by atoms with E-state index in [1.165, 1.54) is 0 Å². The molecule has 0 aliphatic carbocycles. The van der Waals surface area contributed by atoms with E-state index >= 15 is 0 Å². The second-order valence-electron chi connectivity index (χ2n) is 7.51. The highest BCUT2D eigenvalue weighted by molar-refractivity contribution is 6.30. The Kier molecular flexibility index (Phi) is 6.71. The van der Waals surface area contributed by atoms with Crippen molar-refractivity contribution in [3.05, 3.63) is 58.9 Å². The summed E-state index contributed by atoms with van der Waals surface area (Å²) in [4.78, 5) is 14.7. The van der Waals surface area contributed by atoms with Crippen LogP contribution >= 0.6 is 11.6 Å². The van der Waals surface area contributed by atoms with Crippen molar-refractivity contribution in [2.75, 3.05) is 0 Å². The molecule has 0 aliphatic heterocycles. The molecule has 2 aromatic rings. The number of benzene rings is 1. The van der Waals surface area contributed by atoms with Crippen LogP contribution in [0.1, 0.15) is 58.2 Å². The summed E-state index contributed by atoms with van der Waals surface area (Å²) in [6.07, 6.45) is 4.65. The maximum atomic E-state index is 12.7. The quantitative estimate of drug-likeness (QED) is 0.639. The maximum absolute atomic E-state index is 12.7. The average molecular weight is 361 g/mol. The largest absolute Gasteiger partial charge is 0.345 e. The maximum Gasteiger partial charge on any atom is 0.223 e. The minimum Gasteiger partial charge on any atom is -0.345 e. The number of halogens is 1. The van der Waals surface area contributed by atoms with Crippen molar-refractivity contribution in [3.8, 4) is 0 Å². The molecule has 0 bridgehead atoms. The fourth-order valence-electron chi connectivity index (χ4n) is 2.90. The molecule has 0 radical (unpaired) electrons. The Morgan fingerprint density at radius 3 is 2.60 bits per heavy atom. The van der Waals surface area contributed by atoms with Crippen LogP contribution in [0.25, 0.3) is 0 Å². The topological polar surface area (TPSA) is 25.2 Å². The number of amides is 1. The van der Waals surface area contributed by atoms with Gasteiger partial charge in [-0.3, -0.25) is 4.79 Å². The Balaban J connectivity index is 2.17. The third kappa shape index (κ3) is 5.64. The number of carbonyl (C=O) groups is 1. The van der Waals surface area contributed by atoms with Gasteiger partial charge in [0.1, 0.15) is 0 Å². The molecule has 136 valence electrons. The van der Waals surface area contributed by atoms with Crippen molar-refractivity contribution in [2.24, 2.45) is 0 Å². The van der Waals surface area contributed by atoms with E-state index in [1.54, 1.807) is 0 Å². The zero-order valence-corrected chi connectivity index (χ0v) is 16.5. The van der Waals surface area contributed by atoms with Crippen molar-refractivity contribution in [3.63, 3.8) is 0 Å². The van der Waals surface area contributed by atoms with Crippen molar-refractivity contribution in [1.29, 1.82) is 0 Å². The molecular formula is C21H29ClN2O. The molecule has 3 nitrogen and oxygen atoms in total. The van der Waals surface area contributed by atoms with E-state index in [0.29, 0.717) is 13.0 Å². The van der Waals surface area contributed by atoms with Gasteiger partial charge in [0, 0.05) is 35.4 Å². The van der Waals surface area contributed by atoms with E-state index in [4.69, 9.17) is 11.6 Å². The van der Waals surface area contributed by atoms with Gasteiger partial charge in [-0.2, -0.15) is 0 Å². The number of hydrogen-bond acceptors (Lipinski definition) is 1. The van der Waals surface area contributed by atoms with Crippen LogP contribution in [-0.4, -0.2) is 20.9 Å². The summed E-state index contributed by atoms with van der Waals surface area (Å²) in [5.41, 5.74) is 2.10. The number of hydrogen-bond donors (Lipinski definition) is 0. The molecule has 0 N–H and O–H groups in total. The van der Waals surface area contributed by atoms with Gasteiger partial charge in [0.05, 0.1) is 6.54 Å². The molecule has 1 aromatic carbocycles. The van der Waals surface area contributed by atoms with Crippen LogP contribution in [0.4, 0.5) is 0 Å². The van der Waals surface area contributed by atoms with Gasteiger partial charge >= 0.3 is 0 Å². The van der Waals surface area contributed by atoms with Gasteiger partial charge in [-0.15, -0.1) is 0 Å². The van der Waals surface area contributed by atoms with Gasteiger partial charge in [0.2, 0.25) is 5.91 Å². The van der Waals surface area contributed by atoms with Crippen molar-refractivity contribution in [2.45, 2.75) is 65.6 Å². The smallest absolute Gasteiger partial charge is 0.223 e. The van der Waals surface area contributed by atoms with Gasteiger partial charge < -0.3 is 9.47 Å². The predicted molar refractivity (Wildman–Crippen MR) is 105 cm³/mol. The molecule has 0 fully saturated rings. The number of carbonyl (C=O) groups excluding carboxylic acids is 1. The lowest BCUT2D eigenvalue weighted by atomic mass is 10.0. The minimum absolute atomic E-state index is 0.198. The molecule has 1 heterocycles. The Morgan fingerprint density at radius 1 is 1.20 bits per heavy atom. The highest BCUT2D eigenvalue weighted by atomic mass is 35.5. The number of unbranched alkanes of at least 4 members (excludes halogenated alkanes) is 1. The molecular weight excluding hydrogens is 332 g/mol. The summed E-state index contributed by atoms with van der Waals surface area (Å²) in [6.45, 7) is 9.79. The predicted octanol–water partition coefficient (Wildman–Crippen LogP) is 5.51. The third-order valence-corrected chi connectivity index (χ3v) is 4.58. The normalized spacial score (nSPS) is 11.6. The summed E-state index contributed by atoms with van der Waals surface area (Å²) in [5.74, 6) is 0.227. The Morgan fingerprint density at radius 2 is 1.96 bits per heavy atom.